The molecule has 0 radical (unpaired) electrons. The third-order valence-corrected chi connectivity index (χ3v) is 5.24. The van der Waals surface area contributed by atoms with Crippen LogP contribution in [0.1, 0.15) is 0 Å². The van der Waals surface area contributed by atoms with Gasteiger partial charge in [0.15, 0.2) is 4.34 Å². The van der Waals surface area contributed by atoms with Gasteiger partial charge in [-0.15, -0.1) is 10.2 Å². The first-order chi connectivity index (χ1) is 12.2. The first kappa shape index (κ1) is 20.7. The first-order valence-corrected chi connectivity index (χ1v) is 9.51. The molecule has 0 bridgehead atoms. The molecule has 1 heterocycles. The first-order valence-electron chi connectivity index (χ1n) is 6.83. The molecule has 0 aliphatic rings. The van der Waals surface area contributed by atoms with Gasteiger partial charge in [-0.1, -0.05) is 34.9 Å². The van der Waals surface area contributed by atoms with Crippen LogP contribution in [0.4, 0.5) is 32.8 Å². The summed E-state index contributed by atoms with van der Waals surface area (Å²) in [5.74, 6) is -3.47. The number of amides is 1. The number of anilines is 2. The maximum atomic E-state index is 12.3. The smallest absolute Gasteiger partial charge is 0.346 e. The number of carbonyl (C=O) groups is 1. The van der Waals surface area contributed by atoms with Gasteiger partial charge in [-0.3, -0.25) is 4.79 Å². The SMILES string of the molecule is O=C(CSc1nnc(Nc2ccc(SC(F)F)cc2)s1)NCC(F)(F)F. The molecule has 142 valence electrons. The number of rotatable bonds is 8. The molecule has 5 nitrogen and oxygen atoms in total. The minimum Gasteiger partial charge on any atom is -0.346 e. The fourth-order valence-electron chi connectivity index (χ4n) is 1.54. The molecule has 13 heteroatoms. The van der Waals surface area contributed by atoms with Crippen LogP contribution in [0.2, 0.25) is 0 Å². The second-order valence-corrected chi connectivity index (χ2v) is 7.85. The zero-order chi connectivity index (χ0) is 19.2. The van der Waals surface area contributed by atoms with Crippen molar-refractivity contribution in [1.82, 2.24) is 15.5 Å². The lowest BCUT2D eigenvalue weighted by Gasteiger charge is -2.07. The van der Waals surface area contributed by atoms with E-state index in [0.29, 0.717) is 31.8 Å². The van der Waals surface area contributed by atoms with Crippen molar-refractivity contribution < 1.29 is 26.7 Å². The van der Waals surface area contributed by atoms with E-state index in [0.717, 1.165) is 23.1 Å². The van der Waals surface area contributed by atoms with Crippen molar-refractivity contribution in [1.29, 1.82) is 0 Å². The second-order valence-electron chi connectivity index (χ2n) is 4.58. The van der Waals surface area contributed by atoms with Gasteiger partial charge in [0, 0.05) is 10.6 Å². The van der Waals surface area contributed by atoms with Crippen LogP contribution in [-0.4, -0.2) is 40.3 Å². The third-order valence-electron chi connectivity index (χ3n) is 2.55. The highest BCUT2D eigenvalue weighted by molar-refractivity contribution is 8.01. The minimum absolute atomic E-state index is 0.218. The summed E-state index contributed by atoms with van der Waals surface area (Å²) in [4.78, 5) is 11.7. The van der Waals surface area contributed by atoms with E-state index < -0.39 is 24.4 Å². The number of alkyl halides is 5. The molecule has 2 aromatic rings. The summed E-state index contributed by atoms with van der Waals surface area (Å²) in [6, 6.07) is 6.26. The van der Waals surface area contributed by atoms with Crippen molar-refractivity contribution in [2.75, 3.05) is 17.6 Å². The minimum atomic E-state index is -4.45. The summed E-state index contributed by atoms with van der Waals surface area (Å²) < 4.78 is 60.9. The molecule has 0 fully saturated rings. The predicted octanol–water partition coefficient (Wildman–Crippen LogP) is 4.37. The highest BCUT2D eigenvalue weighted by atomic mass is 32.2. The van der Waals surface area contributed by atoms with E-state index in [2.05, 4.69) is 15.5 Å². The largest absolute Gasteiger partial charge is 0.405 e. The van der Waals surface area contributed by atoms with Gasteiger partial charge in [0.1, 0.15) is 6.54 Å². The number of hydrogen-bond donors (Lipinski definition) is 2. The van der Waals surface area contributed by atoms with Crippen molar-refractivity contribution in [3.05, 3.63) is 24.3 Å². The van der Waals surface area contributed by atoms with Gasteiger partial charge in [-0.2, -0.15) is 22.0 Å². The predicted molar refractivity (Wildman–Crippen MR) is 91.3 cm³/mol. The van der Waals surface area contributed by atoms with E-state index in [4.69, 9.17) is 0 Å². The summed E-state index contributed by atoms with van der Waals surface area (Å²) in [6.07, 6.45) is -4.45. The van der Waals surface area contributed by atoms with E-state index in [-0.39, 0.29) is 5.75 Å². The van der Waals surface area contributed by atoms with Gasteiger partial charge in [0.25, 0.3) is 5.76 Å². The lowest BCUT2D eigenvalue weighted by Crippen LogP contribution is -2.34. The zero-order valence-corrected chi connectivity index (χ0v) is 15.2. The van der Waals surface area contributed by atoms with Gasteiger partial charge in [0.2, 0.25) is 11.0 Å². The van der Waals surface area contributed by atoms with Gasteiger partial charge in [-0.25, -0.2) is 0 Å². The molecule has 0 saturated carbocycles. The van der Waals surface area contributed by atoms with E-state index in [1.165, 1.54) is 12.1 Å². The number of carbonyl (C=O) groups excluding carboxylic acids is 1. The molecule has 1 aromatic carbocycles. The Balaban J connectivity index is 1.81. The molecule has 1 aromatic heterocycles. The summed E-state index contributed by atoms with van der Waals surface area (Å²) in [5, 5.41) is 12.7. The Morgan fingerprint density at radius 3 is 2.50 bits per heavy atom. The Hall–Kier alpha value is -1.60. The molecule has 0 unspecified atom stereocenters. The van der Waals surface area contributed by atoms with Crippen molar-refractivity contribution in [2.45, 2.75) is 21.2 Å². The van der Waals surface area contributed by atoms with Crippen LogP contribution in [0.25, 0.3) is 0 Å². The summed E-state index contributed by atoms with van der Waals surface area (Å²) >= 11 is 2.50. The Labute approximate surface area is 157 Å². The van der Waals surface area contributed by atoms with Gasteiger partial charge in [-0.05, 0) is 24.3 Å². The van der Waals surface area contributed by atoms with Crippen LogP contribution < -0.4 is 10.6 Å². The molecular formula is C13H11F5N4OS3. The maximum absolute atomic E-state index is 12.3. The summed E-state index contributed by atoms with van der Waals surface area (Å²) in [5.41, 5.74) is 0.610. The molecule has 26 heavy (non-hydrogen) atoms. The van der Waals surface area contributed by atoms with Crippen LogP contribution in [0.15, 0.2) is 33.5 Å². The van der Waals surface area contributed by atoms with Crippen molar-refractivity contribution >= 4 is 51.6 Å². The molecular weight excluding hydrogens is 419 g/mol. The van der Waals surface area contributed by atoms with E-state index in [1.54, 1.807) is 17.4 Å². The highest BCUT2D eigenvalue weighted by Gasteiger charge is 2.27. The average molecular weight is 430 g/mol. The van der Waals surface area contributed by atoms with Crippen molar-refractivity contribution in [3.8, 4) is 0 Å². The Morgan fingerprint density at radius 1 is 1.19 bits per heavy atom. The van der Waals surface area contributed by atoms with Crippen LogP contribution >= 0.6 is 34.9 Å². The molecule has 0 spiro atoms. The number of halogens is 5. The number of nitrogens with zero attached hydrogens (tertiary/aromatic N) is 2. The Morgan fingerprint density at radius 2 is 1.88 bits per heavy atom. The summed E-state index contributed by atoms with van der Waals surface area (Å²) in [6.45, 7) is -1.38. The van der Waals surface area contributed by atoms with Crippen LogP contribution in [-0.2, 0) is 4.79 Å². The molecule has 1 amide bonds. The van der Waals surface area contributed by atoms with Crippen molar-refractivity contribution in [3.63, 3.8) is 0 Å². The fourth-order valence-corrected chi connectivity index (χ4v) is 3.64. The topological polar surface area (TPSA) is 66.9 Å². The molecule has 0 aliphatic heterocycles. The van der Waals surface area contributed by atoms with E-state index in [9.17, 15) is 26.7 Å². The lowest BCUT2D eigenvalue weighted by molar-refractivity contribution is -0.136. The van der Waals surface area contributed by atoms with E-state index in [1.807, 2.05) is 0 Å². The van der Waals surface area contributed by atoms with Gasteiger partial charge >= 0.3 is 6.18 Å². The monoisotopic (exact) mass is 430 g/mol. The normalized spacial score (nSPS) is 11.6. The number of hydrogen-bond acceptors (Lipinski definition) is 7. The Bertz CT molecular complexity index is 723. The maximum Gasteiger partial charge on any atom is 0.405 e. The lowest BCUT2D eigenvalue weighted by atomic mass is 10.3. The number of thioether (sulfide) groups is 2. The van der Waals surface area contributed by atoms with E-state index >= 15 is 0 Å². The molecule has 0 saturated heterocycles. The highest BCUT2D eigenvalue weighted by Crippen LogP contribution is 2.30. The number of aromatic nitrogens is 2. The fraction of sp³-hybridized carbons (Fsp3) is 0.308. The van der Waals surface area contributed by atoms with Gasteiger partial charge in [0.05, 0.1) is 5.75 Å². The third kappa shape index (κ3) is 7.74. The van der Waals surface area contributed by atoms with Crippen LogP contribution in [0.3, 0.4) is 0 Å². The van der Waals surface area contributed by atoms with Crippen LogP contribution in [0.5, 0.6) is 0 Å². The quantitative estimate of drug-likeness (QED) is 0.479. The average Bonchev–Trinajstić information content (AvgIpc) is 2.99. The number of benzene rings is 1. The van der Waals surface area contributed by atoms with Crippen molar-refractivity contribution in [2.24, 2.45) is 0 Å². The van der Waals surface area contributed by atoms with Gasteiger partial charge < -0.3 is 10.6 Å². The molecule has 2 rings (SSSR count). The molecule has 0 atom stereocenters. The second kappa shape index (κ2) is 9.37. The summed E-state index contributed by atoms with van der Waals surface area (Å²) in [7, 11) is 0. The molecule has 2 N–H and O–H groups in total. The zero-order valence-electron chi connectivity index (χ0n) is 12.7. The van der Waals surface area contributed by atoms with Crippen LogP contribution in [0, 0.1) is 0 Å². The Kier molecular flexibility index (Phi) is 7.46. The number of nitrogens with one attached hydrogen (secondary N) is 2. The standard InChI is InChI=1S/C13H11F5N4OS3/c14-10(15)25-8-3-1-7(2-4-8)20-11-21-22-12(26-11)24-5-9(23)19-6-13(16,17)18/h1-4,10H,5-6H2,(H,19,23)(H,20,21). The molecule has 0 aliphatic carbocycles.